The Morgan fingerprint density at radius 1 is 1.24 bits per heavy atom. The summed E-state index contributed by atoms with van der Waals surface area (Å²) < 4.78 is 5.48. The van der Waals surface area contributed by atoms with Gasteiger partial charge in [0, 0.05) is 5.56 Å². The van der Waals surface area contributed by atoms with E-state index < -0.39 is 10.9 Å². The first-order valence-corrected chi connectivity index (χ1v) is 6.18. The summed E-state index contributed by atoms with van der Waals surface area (Å²) in [6.07, 6.45) is 0. The van der Waals surface area contributed by atoms with Crippen LogP contribution in [0.1, 0.15) is 21.5 Å². The van der Waals surface area contributed by atoms with Crippen LogP contribution in [0.2, 0.25) is 0 Å². The first-order valence-electron chi connectivity index (χ1n) is 6.18. The number of rotatable bonds is 5. The van der Waals surface area contributed by atoms with Gasteiger partial charge in [0.1, 0.15) is 6.61 Å². The highest BCUT2D eigenvalue weighted by atomic mass is 16.6. The molecule has 2 aromatic rings. The first kappa shape index (κ1) is 14.5. The molecular weight excluding hydrogens is 274 g/mol. The molecular formula is C15H13NO5. The predicted octanol–water partition coefficient (Wildman–Crippen LogP) is 3.18. The van der Waals surface area contributed by atoms with Crippen LogP contribution in [0.15, 0.2) is 42.5 Å². The molecule has 1 N–H and O–H groups in total. The van der Waals surface area contributed by atoms with Crippen molar-refractivity contribution < 1.29 is 19.6 Å². The third kappa shape index (κ3) is 3.36. The number of carbonyl (C=O) groups is 1. The van der Waals surface area contributed by atoms with Gasteiger partial charge in [0.05, 0.1) is 10.5 Å². The molecule has 0 radical (unpaired) electrons. The van der Waals surface area contributed by atoms with E-state index in [1.807, 2.05) is 0 Å². The number of carboxylic acid groups (broad SMARTS) is 1. The number of nitrogens with zero attached hydrogens (tertiary/aromatic N) is 1. The van der Waals surface area contributed by atoms with Crippen LogP contribution in [0.3, 0.4) is 0 Å². The predicted molar refractivity (Wildman–Crippen MR) is 75.6 cm³/mol. The number of benzene rings is 2. The Morgan fingerprint density at radius 3 is 2.48 bits per heavy atom. The maximum absolute atomic E-state index is 11.0. The van der Waals surface area contributed by atoms with Crippen LogP contribution in [0.4, 0.5) is 5.69 Å². The minimum absolute atomic E-state index is 0.0559. The second-order valence-electron chi connectivity index (χ2n) is 4.47. The Balaban J connectivity index is 2.15. The number of aryl methyl sites for hydroxylation is 1. The topological polar surface area (TPSA) is 89.7 Å². The van der Waals surface area contributed by atoms with Crippen LogP contribution in [0.25, 0.3) is 0 Å². The lowest BCUT2D eigenvalue weighted by Gasteiger charge is -2.08. The van der Waals surface area contributed by atoms with E-state index in [2.05, 4.69) is 0 Å². The highest BCUT2D eigenvalue weighted by Gasteiger charge is 2.18. The minimum Gasteiger partial charge on any atom is -0.482 e. The van der Waals surface area contributed by atoms with Crippen molar-refractivity contribution in [2.75, 3.05) is 0 Å². The number of carboxylic acids is 1. The number of para-hydroxylation sites is 1. The van der Waals surface area contributed by atoms with Gasteiger partial charge in [-0.3, -0.25) is 10.1 Å². The van der Waals surface area contributed by atoms with E-state index in [1.165, 1.54) is 18.2 Å². The van der Waals surface area contributed by atoms with Gasteiger partial charge in [-0.15, -0.1) is 0 Å². The molecule has 0 aromatic heterocycles. The number of aromatic carboxylic acids is 1. The molecule has 0 aliphatic heterocycles. The van der Waals surface area contributed by atoms with Crippen LogP contribution in [0.5, 0.6) is 5.75 Å². The Kier molecular flexibility index (Phi) is 4.18. The SMILES string of the molecule is Cc1cccc(OCc2ccc(C(=O)O)cc2)c1[N+](=O)[O-]. The van der Waals surface area contributed by atoms with Gasteiger partial charge in [0.25, 0.3) is 0 Å². The van der Waals surface area contributed by atoms with Crippen molar-refractivity contribution in [3.63, 3.8) is 0 Å². The Labute approximate surface area is 120 Å². The van der Waals surface area contributed by atoms with Gasteiger partial charge in [-0.25, -0.2) is 4.79 Å². The van der Waals surface area contributed by atoms with E-state index in [0.29, 0.717) is 5.56 Å². The Hall–Kier alpha value is -2.89. The molecule has 0 bridgehead atoms. The first-order chi connectivity index (χ1) is 9.99. The van der Waals surface area contributed by atoms with Crippen molar-refractivity contribution in [2.24, 2.45) is 0 Å². The normalized spacial score (nSPS) is 10.1. The van der Waals surface area contributed by atoms with Gasteiger partial charge in [-0.2, -0.15) is 0 Å². The van der Waals surface area contributed by atoms with Crippen LogP contribution in [-0.4, -0.2) is 16.0 Å². The molecule has 0 heterocycles. The molecule has 6 heteroatoms. The van der Waals surface area contributed by atoms with Crippen LogP contribution < -0.4 is 4.74 Å². The molecule has 6 nitrogen and oxygen atoms in total. The molecule has 0 unspecified atom stereocenters. The Morgan fingerprint density at radius 2 is 1.90 bits per heavy atom. The van der Waals surface area contributed by atoms with Gasteiger partial charge in [0.2, 0.25) is 0 Å². The number of nitro groups is 1. The van der Waals surface area contributed by atoms with E-state index >= 15 is 0 Å². The van der Waals surface area contributed by atoms with E-state index in [-0.39, 0.29) is 23.6 Å². The average Bonchev–Trinajstić information content (AvgIpc) is 2.45. The lowest BCUT2D eigenvalue weighted by Crippen LogP contribution is -2.01. The van der Waals surface area contributed by atoms with Crippen molar-refractivity contribution in [1.29, 1.82) is 0 Å². The number of hydrogen-bond acceptors (Lipinski definition) is 4. The fourth-order valence-corrected chi connectivity index (χ4v) is 1.89. The van der Waals surface area contributed by atoms with Crippen molar-refractivity contribution >= 4 is 11.7 Å². The summed E-state index contributed by atoms with van der Waals surface area (Å²) >= 11 is 0. The Bertz CT molecular complexity index is 679. The molecule has 21 heavy (non-hydrogen) atoms. The molecule has 0 aliphatic carbocycles. The molecule has 2 rings (SSSR count). The summed E-state index contributed by atoms with van der Waals surface area (Å²) in [6.45, 7) is 1.77. The molecule has 0 spiro atoms. The fraction of sp³-hybridized carbons (Fsp3) is 0.133. The van der Waals surface area contributed by atoms with Crippen LogP contribution >= 0.6 is 0 Å². The number of nitro benzene ring substituents is 1. The zero-order valence-electron chi connectivity index (χ0n) is 11.3. The average molecular weight is 287 g/mol. The van der Waals surface area contributed by atoms with Gasteiger partial charge >= 0.3 is 11.7 Å². The van der Waals surface area contributed by atoms with E-state index in [0.717, 1.165) is 5.56 Å². The third-order valence-corrected chi connectivity index (χ3v) is 2.98. The highest BCUT2D eigenvalue weighted by Crippen LogP contribution is 2.30. The fourth-order valence-electron chi connectivity index (χ4n) is 1.89. The summed E-state index contributed by atoms with van der Waals surface area (Å²) in [5, 5.41) is 19.8. The largest absolute Gasteiger partial charge is 0.482 e. The molecule has 0 fully saturated rings. The van der Waals surface area contributed by atoms with Crippen molar-refractivity contribution in [1.82, 2.24) is 0 Å². The zero-order chi connectivity index (χ0) is 15.4. The maximum atomic E-state index is 11.0. The molecule has 0 amide bonds. The van der Waals surface area contributed by atoms with Gasteiger partial charge in [0.15, 0.2) is 5.75 Å². The van der Waals surface area contributed by atoms with Gasteiger partial charge in [-0.05, 0) is 30.7 Å². The molecule has 2 aromatic carbocycles. The summed E-state index contributed by atoms with van der Waals surface area (Å²) in [4.78, 5) is 21.3. The van der Waals surface area contributed by atoms with Crippen LogP contribution in [0, 0.1) is 17.0 Å². The quantitative estimate of drug-likeness (QED) is 0.673. The molecule has 108 valence electrons. The van der Waals surface area contributed by atoms with Crippen molar-refractivity contribution in [3.8, 4) is 5.75 Å². The third-order valence-electron chi connectivity index (χ3n) is 2.98. The summed E-state index contributed by atoms with van der Waals surface area (Å²) in [6, 6.07) is 11.0. The lowest BCUT2D eigenvalue weighted by molar-refractivity contribution is -0.386. The second kappa shape index (κ2) is 6.04. The van der Waals surface area contributed by atoms with E-state index in [4.69, 9.17) is 9.84 Å². The van der Waals surface area contributed by atoms with E-state index in [9.17, 15) is 14.9 Å². The summed E-state index contributed by atoms with van der Waals surface area (Å²) in [5.41, 5.74) is 1.38. The maximum Gasteiger partial charge on any atom is 0.335 e. The molecule has 0 saturated heterocycles. The standard InChI is InChI=1S/C15H13NO5/c1-10-3-2-4-13(14(10)16(19)20)21-9-11-5-7-12(8-6-11)15(17)18/h2-8H,9H2,1H3,(H,17,18). The number of ether oxygens (including phenoxy) is 1. The van der Waals surface area contributed by atoms with Crippen LogP contribution in [-0.2, 0) is 6.61 Å². The highest BCUT2D eigenvalue weighted by molar-refractivity contribution is 5.87. The molecule has 0 aliphatic rings. The summed E-state index contributed by atoms with van der Waals surface area (Å²) in [5.74, 6) is -0.806. The van der Waals surface area contributed by atoms with Gasteiger partial charge < -0.3 is 9.84 Å². The van der Waals surface area contributed by atoms with Crippen molar-refractivity contribution in [2.45, 2.75) is 13.5 Å². The smallest absolute Gasteiger partial charge is 0.335 e. The second-order valence-corrected chi connectivity index (χ2v) is 4.47. The van der Waals surface area contributed by atoms with E-state index in [1.54, 1.807) is 31.2 Å². The minimum atomic E-state index is -1.00. The lowest BCUT2D eigenvalue weighted by atomic mass is 10.1. The van der Waals surface area contributed by atoms with Gasteiger partial charge in [-0.1, -0.05) is 24.3 Å². The monoisotopic (exact) mass is 287 g/mol. The zero-order valence-corrected chi connectivity index (χ0v) is 11.3. The van der Waals surface area contributed by atoms with Crippen molar-refractivity contribution in [3.05, 3.63) is 69.3 Å². The number of hydrogen-bond donors (Lipinski definition) is 1. The molecule has 0 saturated carbocycles. The molecule has 0 atom stereocenters. The summed E-state index contributed by atoms with van der Waals surface area (Å²) in [7, 11) is 0.